The molecule has 0 unspecified atom stereocenters. The molecule has 2 aromatic carbocycles. The molecule has 0 bridgehead atoms. The average molecular weight is 472 g/mol. The van der Waals surface area contributed by atoms with Gasteiger partial charge in [0, 0.05) is 43.7 Å². The maximum Gasteiger partial charge on any atom is 0.289 e. The number of hydrazine groups is 1. The van der Waals surface area contributed by atoms with Crippen molar-refractivity contribution in [2.45, 2.75) is 6.92 Å². The standard InChI is InChI=1S/C23H23ClFN5O3/c1-15(31)28-11-13-29(14-12-28)27-23(32)20-22(33-2)21(16-7-9-17(24)10-8-16)30(26-20)19-6-4-3-5-18(19)25/h3-10H,11-14H2,1-2H3,(H,27,32). The lowest BCUT2D eigenvalue weighted by molar-refractivity contribution is -0.130. The lowest BCUT2D eigenvalue weighted by Crippen LogP contribution is -2.54. The van der Waals surface area contributed by atoms with Crippen LogP contribution >= 0.6 is 11.6 Å². The van der Waals surface area contributed by atoms with Crippen LogP contribution in [-0.2, 0) is 4.79 Å². The normalized spacial score (nSPS) is 14.2. The van der Waals surface area contributed by atoms with E-state index in [0.717, 1.165) is 0 Å². The fourth-order valence-corrected chi connectivity index (χ4v) is 3.86. The Morgan fingerprint density at radius 2 is 1.73 bits per heavy atom. The minimum Gasteiger partial charge on any atom is -0.492 e. The molecule has 1 N–H and O–H groups in total. The van der Waals surface area contributed by atoms with Crippen LogP contribution in [0, 0.1) is 5.82 Å². The summed E-state index contributed by atoms with van der Waals surface area (Å²) in [5, 5.41) is 6.70. The van der Waals surface area contributed by atoms with E-state index < -0.39 is 11.7 Å². The molecule has 2 amide bonds. The Bertz CT molecular complexity index is 1170. The molecule has 1 saturated heterocycles. The van der Waals surface area contributed by atoms with Crippen LogP contribution in [0.25, 0.3) is 16.9 Å². The van der Waals surface area contributed by atoms with Crippen LogP contribution in [0.3, 0.4) is 0 Å². The molecule has 172 valence electrons. The summed E-state index contributed by atoms with van der Waals surface area (Å²) in [7, 11) is 1.44. The molecular weight excluding hydrogens is 449 g/mol. The van der Waals surface area contributed by atoms with E-state index in [1.807, 2.05) is 0 Å². The van der Waals surface area contributed by atoms with Crippen molar-refractivity contribution in [3.8, 4) is 22.7 Å². The lowest BCUT2D eigenvalue weighted by Gasteiger charge is -2.33. The van der Waals surface area contributed by atoms with Crippen molar-refractivity contribution in [1.29, 1.82) is 0 Å². The SMILES string of the molecule is COc1c(C(=O)NN2CCN(C(C)=O)CC2)nn(-c2ccccc2F)c1-c1ccc(Cl)cc1. The molecule has 0 spiro atoms. The highest BCUT2D eigenvalue weighted by molar-refractivity contribution is 6.30. The number of hydrogen-bond donors (Lipinski definition) is 1. The second-order valence-corrected chi connectivity index (χ2v) is 7.97. The molecule has 0 saturated carbocycles. The largest absolute Gasteiger partial charge is 0.492 e. The van der Waals surface area contributed by atoms with Crippen LogP contribution < -0.4 is 10.2 Å². The number of carbonyl (C=O) groups excluding carboxylic acids is 2. The molecular formula is C23H23ClFN5O3. The molecule has 0 aliphatic carbocycles. The van der Waals surface area contributed by atoms with Gasteiger partial charge < -0.3 is 9.64 Å². The molecule has 0 atom stereocenters. The van der Waals surface area contributed by atoms with Gasteiger partial charge in [0.2, 0.25) is 5.91 Å². The number of piperazine rings is 1. The van der Waals surface area contributed by atoms with Gasteiger partial charge in [-0.3, -0.25) is 15.0 Å². The maximum atomic E-state index is 14.7. The Morgan fingerprint density at radius 1 is 1.06 bits per heavy atom. The molecule has 1 aliphatic rings. The highest BCUT2D eigenvalue weighted by atomic mass is 35.5. The molecule has 0 radical (unpaired) electrons. The number of carbonyl (C=O) groups is 2. The van der Waals surface area contributed by atoms with Crippen LogP contribution in [0.2, 0.25) is 5.02 Å². The number of halogens is 2. The molecule has 2 heterocycles. The Morgan fingerprint density at radius 3 is 2.33 bits per heavy atom. The number of benzene rings is 2. The third-order valence-electron chi connectivity index (χ3n) is 5.44. The number of nitrogens with one attached hydrogen (secondary N) is 1. The molecule has 1 aromatic heterocycles. The number of rotatable bonds is 5. The van der Waals surface area contributed by atoms with Crippen molar-refractivity contribution in [1.82, 2.24) is 25.1 Å². The van der Waals surface area contributed by atoms with E-state index in [9.17, 15) is 14.0 Å². The van der Waals surface area contributed by atoms with E-state index in [-0.39, 0.29) is 23.0 Å². The van der Waals surface area contributed by atoms with Gasteiger partial charge in [-0.25, -0.2) is 14.1 Å². The molecule has 10 heteroatoms. The van der Waals surface area contributed by atoms with Crippen molar-refractivity contribution < 1.29 is 18.7 Å². The third kappa shape index (κ3) is 4.69. The third-order valence-corrected chi connectivity index (χ3v) is 5.70. The second kappa shape index (κ2) is 9.60. The summed E-state index contributed by atoms with van der Waals surface area (Å²) in [4.78, 5) is 26.4. The van der Waals surface area contributed by atoms with Gasteiger partial charge in [0.15, 0.2) is 11.4 Å². The van der Waals surface area contributed by atoms with Gasteiger partial charge in [0.1, 0.15) is 17.2 Å². The Balaban J connectivity index is 1.72. The number of hydrogen-bond acceptors (Lipinski definition) is 5. The zero-order chi connectivity index (χ0) is 23.5. The van der Waals surface area contributed by atoms with Crippen molar-refractivity contribution in [2.24, 2.45) is 0 Å². The zero-order valence-corrected chi connectivity index (χ0v) is 19.0. The maximum absolute atomic E-state index is 14.7. The first-order valence-electron chi connectivity index (χ1n) is 10.4. The highest BCUT2D eigenvalue weighted by Gasteiger charge is 2.29. The molecule has 1 aliphatic heterocycles. The number of ether oxygens (including phenoxy) is 1. The van der Waals surface area contributed by atoms with Crippen LogP contribution in [0.4, 0.5) is 4.39 Å². The lowest BCUT2D eigenvalue weighted by atomic mass is 10.1. The fraction of sp³-hybridized carbons (Fsp3) is 0.261. The first kappa shape index (κ1) is 22.8. The van der Waals surface area contributed by atoms with Crippen LogP contribution in [0.1, 0.15) is 17.4 Å². The summed E-state index contributed by atoms with van der Waals surface area (Å²) in [6.07, 6.45) is 0. The summed E-state index contributed by atoms with van der Waals surface area (Å²) >= 11 is 6.04. The molecule has 4 rings (SSSR count). The van der Waals surface area contributed by atoms with Crippen LogP contribution in [0.5, 0.6) is 5.75 Å². The average Bonchev–Trinajstić information content (AvgIpc) is 3.20. The minimum atomic E-state index is -0.495. The van der Waals surface area contributed by atoms with Gasteiger partial charge in [0.25, 0.3) is 5.91 Å². The van der Waals surface area contributed by atoms with Crippen molar-refractivity contribution in [3.63, 3.8) is 0 Å². The van der Waals surface area contributed by atoms with E-state index in [0.29, 0.717) is 42.5 Å². The van der Waals surface area contributed by atoms with Gasteiger partial charge in [-0.2, -0.15) is 5.10 Å². The Labute approximate surface area is 195 Å². The molecule has 1 fully saturated rings. The van der Waals surface area contributed by atoms with Crippen LogP contribution in [0.15, 0.2) is 48.5 Å². The van der Waals surface area contributed by atoms with Gasteiger partial charge in [-0.1, -0.05) is 35.9 Å². The fourth-order valence-electron chi connectivity index (χ4n) is 3.73. The topological polar surface area (TPSA) is 79.7 Å². The van der Waals surface area contributed by atoms with E-state index in [1.54, 1.807) is 52.4 Å². The summed E-state index contributed by atoms with van der Waals surface area (Å²) in [6, 6.07) is 13.1. The quantitative estimate of drug-likeness (QED) is 0.618. The zero-order valence-electron chi connectivity index (χ0n) is 18.2. The first-order chi connectivity index (χ1) is 15.9. The van der Waals surface area contributed by atoms with Gasteiger partial charge >= 0.3 is 0 Å². The monoisotopic (exact) mass is 471 g/mol. The van der Waals surface area contributed by atoms with E-state index in [1.165, 1.54) is 24.8 Å². The number of para-hydroxylation sites is 1. The summed E-state index contributed by atoms with van der Waals surface area (Å²) in [5.74, 6) is -0.780. The molecule has 8 nitrogen and oxygen atoms in total. The Hall–Kier alpha value is -3.43. The van der Waals surface area contributed by atoms with E-state index >= 15 is 0 Å². The van der Waals surface area contributed by atoms with Crippen LogP contribution in [-0.4, -0.2) is 64.8 Å². The molecule has 3 aromatic rings. The summed E-state index contributed by atoms with van der Waals surface area (Å²) < 4.78 is 21.6. The highest BCUT2D eigenvalue weighted by Crippen LogP contribution is 2.36. The van der Waals surface area contributed by atoms with E-state index in [2.05, 4.69) is 10.5 Å². The number of aromatic nitrogens is 2. The van der Waals surface area contributed by atoms with Gasteiger partial charge in [-0.15, -0.1) is 0 Å². The minimum absolute atomic E-state index is 0.00103. The summed E-state index contributed by atoms with van der Waals surface area (Å²) in [6.45, 7) is 3.49. The second-order valence-electron chi connectivity index (χ2n) is 7.53. The predicted octanol–water partition coefficient (Wildman–Crippen LogP) is 3.15. The summed E-state index contributed by atoms with van der Waals surface area (Å²) in [5.41, 5.74) is 4.09. The van der Waals surface area contributed by atoms with Gasteiger partial charge in [0.05, 0.1) is 7.11 Å². The van der Waals surface area contributed by atoms with Crippen molar-refractivity contribution in [3.05, 3.63) is 65.1 Å². The van der Waals surface area contributed by atoms with Crippen molar-refractivity contribution >= 4 is 23.4 Å². The predicted molar refractivity (Wildman–Crippen MR) is 122 cm³/mol. The smallest absolute Gasteiger partial charge is 0.289 e. The first-order valence-corrected chi connectivity index (χ1v) is 10.8. The van der Waals surface area contributed by atoms with Crippen molar-refractivity contribution in [2.75, 3.05) is 33.3 Å². The van der Waals surface area contributed by atoms with E-state index in [4.69, 9.17) is 16.3 Å². The molecule has 33 heavy (non-hydrogen) atoms. The van der Waals surface area contributed by atoms with Gasteiger partial charge in [-0.05, 0) is 24.3 Å². The Kier molecular flexibility index (Phi) is 6.62. The number of nitrogens with zero attached hydrogens (tertiary/aromatic N) is 4. The number of amides is 2. The number of methoxy groups -OCH3 is 1.